The number of alkyl halides is 1. The van der Waals surface area contributed by atoms with Gasteiger partial charge in [-0.3, -0.25) is 4.98 Å². The number of pyridine rings is 1. The fourth-order valence-corrected chi connectivity index (χ4v) is 1.99. The molecule has 2 aromatic rings. The van der Waals surface area contributed by atoms with E-state index in [1.165, 1.54) is 11.1 Å². The first-order valence-corrected chi connectivity index (χ1v) is 7.50. The Labute approximate surface area is 131 Å². The maximum absolute atomic E-state index is 5.86. The summed E-state index contributed by atoms with van der Waals surface area (Å²) >= 11 is 5.65. The topological polar surface area (TPSA) is 22.1 Å². The predicted octanol–water partition coefficient (Wildman–Crippen LogP) is 3.99. The van der Waals surface area contributed by atoms with Crippen LogP contribution in [0.25, 0.3) is 0 Å². The third kappa shape index (κ3) is 5.13. The molecule has 1 aromatic carbocycles. The van der Waals surface area contributed by atoms with Crippen molar-refractivity contribution in [3.8, 4) is 17.6 Å². The molecular weight excluding hydrogens is 282 g/mol. The number of halogens is 1. The molecule has 0 N–H and O–H groups in total. The van der Waals surface area contributed by atoms with E-state index in [-0.39, 0.29) is 0 Å². The van der Waals surface area contributed by atoms with Crippen LogP contribution in [-0.4, -0.2) is 17.5 Å². The van der Waals surface area contributed by atoms with E-state index >= 15 is 0 Å². The first-order chi connectivity index (χ1) is 10.3. The minimum absolute atomic E-state index is 0.552. The molecule has 0 fully saturated rings. The average Bonchev–Trinajstić information content (AvgIpc) is 2.51. The molecule has 108 valence electrons. The maximum atomic E-state index is 5.86. The van der Waals surface area contributed by atoms with Crippen molar-refractivity contribution in [2.45, 2.75) is 19.8 Å². The summed E-state index contributed by atoms with van der Waals surface area (Å²) in [7, 11) is 0. The monoisotopic (exact) mass is 299 g/mol. The molecule has 1 aromatic heterocycles. The first-order valence-electron chi connectivity index (χ1n) is 6.97. The summed E-state index contributed by atoms with van der Waals surface area (Å²) < 4.78 is 5.86. The highest BCUT2D eigenvalue weighted by molar-refractivity contribution is 6.18. The van der Waals surface area contributed by atoms with Crippen LogP contribution in [0.4, 0.5) is 0 Å². The van der Waals surface area contributed by atoms with Gasteiger partial charge in [-0.2, -0.15) is 0 Å². The Bertz CT molecular complexity index is 629. The van der Waals surface area contributed by atoms with Crippen LogP contribution < -0.4 is 4.74 Å². The molecule has 0 spiro atoms. The number of ether oxygens (including phenoxy) is 1. The smallest absolute Gasteiger partial charge is 0.134 e. The van der Waals surface area contributed by atoms with Gasteiger partial charge in [0.2, 0.25) is 0 Å². The summed E-state index contributed by atoms with van der Waals surface area (Å²) in [6.07, 6.45) is 5.15. The first kappa shape index (κ1) is 15.4. The zero-order valence-electron chi connectivity index (χ0n) is 12.1. The Morgan fingerprint density at radius 2 is 2.19 bits per heavy atom. The second-order valence-corrected chi connectivity index (χ2v) is 5.08. The summed E-state index contributed by atoms with van der Waals surface area (Å²) in [5.74, 6) is 7.56. The molecule has 3 heteroatoms. The Kier molecular flexibility index (Phi) is 6.12. The van der Waals surface area contributed by atoms with Crippen molar-refractivity contribution in [3.05, 3.63) is 59.4 Å². The van der Waals surface area contributed by atoms with E-state index in [1.807, 2.05) is 43.5 Å². The van der Waals surface area contributed by atoms with Crippen LogP contribution in [0.5, 0.6) is 5.75 Å². The molecule has 2 rings (SSSR count). The van der Waals surface area contributed by atoms with Crippen molar-refractivity contribution in [2.75, 3.05) is 12.5 Å². The van der Waals surface area contributed by atoms with Crippen LogP contribution >= 0.6 is 11.6 Å². The zero-order valence-corrected chi connectivity index (χ0v) is 12.9. The Morgan fingerprint density at radius 1 is 1.29 bits per heavy atom. The molecule has 0 aliphatic rings. The van der Waals surface area contributed by atoms with Crippen LogP contribution in [-0.2, 0) is 6.42 Å². The highest BCUT2D eigenvalue weighted by Gasteiger charge is 2.02. The molecule has 21 heavy (non-hydrogen) atoms. The highest BCUT2D eigenvalue weighted by atomic mass is 35.5. The fraction of sp³-hybridized carbons (Fsp3) is 0.278. The van der Waals surface area contributed by atoms with E-state index in [1.54, 1.807) is 6.20 Å². The molecular formula is C18H18ClNO. The number of aromatic nitrogens is 1. The fourth-order valence-electron chi connectivity index (χ4n) is 1.90. The van der Waals surface area contributed by atoms with Crippen molar-refractivity contribution in [1.29, 1.82) is 0 Å². The lowest BCUT2D eigenvalue weighted by Gasteiger charge is -2.09. The summed E-state index contributed by atoms with van der Waals surface area (Å²) in [6.45, 7) is 2.66. The third-order valence-electron chi connectivity index (χ3n) is 2.95. The van der Waals surface area contributed by atoms with Crippen LogP contribution in [0, 0.1) is 18.8 Å². The van der Waals surface area contributed by atoms with Crippen molar-refractivity contribution in [3.63, 3.8) is 0 Å². The van der Waals surface area contributed by atoms with Gasteiger partial charge in [0, 0.05) is 31.1 Å². The van der Waals surface area contributed by atoms with Gasteiger partial charge >= 0.3 is 0 Å². The molecule has 0 aliphatic heterocycles. The van der Waals surface area contributed by atoms with E-state index in [9.17, 15) is 0 Å². The summed E-state index contributed by atoms with van der Waals surface area (Å²) in [5, 5.41) is 0. The lowest BCUT2D eigenvalue weighted by Crippen LogP contribution is -2.03. The molecule has 0 saturated carbocycles. The number of hydrogen-bond donors (Lipinski definition) is 0. The van der Waals surface area contributed by atoms with Crippen molar-refractivity contribution in [2.24, 2.45) is 0 Å². The molecule has 2 nitrogen and oxygen atoms in total. The molecule has 0 aliphatic carbocycles. The summed E-state index contributed by atoms with van der Waals surface area (Å²) in [5.41, 5.74) is 3.26. The van der Waals surface area contributed by atoms with Gasteiger partial charge in [-0.15, -0.1) is 11.6 Å². The quantitative estimate of drug-likeness (QED) is 0.615. The standard InChI is InChI=1S/C18H18ClNO/c1-15-7-8-18(17(13-15)6-2-3-10-19)21-12-9-16-5-4-11-20-14-16/h4-5,7-8,11,13-14H,3,9-10,12H2,1H3. The number of hydrogen-bond acceptors (Lipinski definition) is 2. The van der Waals surface area contributed by atoms with E-state index < -0.39 is 0 Å². The molecule has 0 atom stereocenters. The van der Waals surface area contributed by atoms with Crippen molar-refractivity contribution < 1.29 is 4.74 Å². The third-order valence-corrected chi connectivity index (χ3v) is 3.14. The van der Waals surface area contributed by atoms with Gasteiger partial charge in [0.15, 0.2) is 0 Å². The van der Waals surface area contributed by atoms with Crippen molar-refractivity contribution in [1.82, 2.24) is 4.98 Å². The van der Waals surface area contributed by atoms with Gasteiger partial charge < -0.3 is 4.74 Å². The largest absolute Gasteiger partial charge is 0.492 e. The van der Waals surface area contributed by atoms with E-state index in [4.69, 9.17) is 16.3 Å². The van der Waals surface area contributed by atoms with Crippen LogP contribution in [0.1, 0.15) is 23.1 Å². The SMILES string of the molecule is Cc1ccc(OCCc2cccnc2)c(C#CCCCl)c1. The van der Waals surface area contributed by atoms with E-state index in [0.717, 1.165) is 17.7 Å². The van der Waals surface area contributed by atoms with Crippen LogP contribution in [0.15, 0.2) is 42.7 Å². The molecule has 0 radical (unpaired) electrons. The lowest BCUT2D eigenvalue weighted by molar-refractivity contribution is 0.321. The Hall–Kier alpha value is -1.98. The number of aryl methyl sites for hydroxylation is 1. The lowest BCUT2D eigenvalue weighted by atomic mass is 10.1. The van der Waals surface area contributed by atoms with Crippen molar-refractivity contribution >= 4 is 11.6 Å². The molecule has 0 amide bonds. The van der Waals surface area contributed by atoms with Gasteiger partial charge in [0.1, 0.15) is 5.75 Å². The van der Waals surface area contributed by atoms with Crippen LogP contribution in [0.3, 0.4) is 0 Å². The minimum Gasteiger partial charge on any atom is -0.492 e. The number of benzene rings is 1. The summed E-state index contributed by atoms with van der Waals surface area (Å²) in [4.78, 5) is 4.10. The minimum atomic E-state index is 0.552. The predicted molar refractivity (Wildman–Crippen MR) is 86.8 cm³/mol. The molecule has 0 saturated heterocycles. The van der Waals surface area contributed by atoms with E-state index in [0.29, 0.717) is 18.9 Å². The maximum Gasteiger partial charge on any atom is 0.134 e. The molecule has 1 heterocycles. The Balaban J connectivity index is 2.01. The van der Waals surface area contributed by atoms with Gasteiger partial charge in [0.05, 0.1) is 12.2 Å². The average molecular weight is 300 g/mol. The zero-order chi connectivity index (χ0) is 14.9. The van der Waals surface area contributed by atoms with E-state index in [2.05, 4.69) is 16.8 Å². The van der Waals surface area contributed by atoms with Gasteiger partial charge in [0.25, 0.3) is 0 Å². The van der Waals surface area contributed by atoms with Gasteiger partial charge in [-0.05, 0) is 36.2 Å². The van der Waals surface area contributed by atoms with Gasteiger partial charge in [-0.25, -0.2) is 0 Å². The Morgan fingerprint density at radius 3 is 2.95 bits per heavy atom. The number of rotatable bonds is 5. The molecule has 0 bridgehead atoms. The second-order valence-electron chi connectivity index (χ2n) is 4.70. The number of nitrogens with zero attached hydrogens (tertiary/aromatic N) is 1. The van der Waals surface area contributed by atoms with Gasteiger partial charge in [-0.1, -0.05) is 24.0 Å². The highest BCUT2D eigenvalue weighted by Crippen LogP contribution is 2.19. The molecule has 0 unspecified atom stereocenters. The summed E-state index contributed by atoms with van der Waals surface area (Å²) in [6, 6.07) is 10.0. The normalized spacial score (nSPS) is 9.81. The second kappa shape index (κ2) is 8.34. The van der Waals surface area contributed by atoms with Crippen LogP contribution in [0.2, 0.25) is 0 Å².